The maximum absolute atomic E-state index is 10.4. The van der Waals surface area contributed by atoms with Gasteiger partial charge in [-0.1, -0.05) is 0 Å². The number of aliphatic hydroxyl groups excluding tert-OH is 4. The van der Waals surface area contributed by atoms with Gasteiger partial charge < -0.3 is 35.0 Å². The number of aliphatic hydroxyl groups is 4. The van der Waals surface area contributed by atoms with Gasteiger partial charge in [-0.3, -0.25) is 0 Å². The molecule has 1 aromatic rings. The maximum Gasteiger partial charge on any atom is 0.228 e. The van der Waals surface area contributed by atoms with Gasteiger partial charge >= 0.3 is 0 Å². The van der Waals surface area contributed by atoms with Crippen LogP contribution in [-0.4, -0.2) is 63.7 Å². The Hall–Kier alpha value is -1.22. The summed E-state index contributed by atoms with van der Waals surface area (Å²) >= 11 is 0. The first-order valence-corrected chi connectivity index (χ1v) is 6.97. The van der Waals surface area contributed by atoms with Crippen LogP contribution in [0.1, 0.15) is 16.7 Å². The van der Waals surface area contributed by atoms with Gasteiger partial charge in [-0.2, -0.15) is 0 Å². The molecule has 1 aromatic carbocycles. The van der Waals surface area contributed by atoms with E-state index in [4.69, 9.17) is 9.47 Å². The van der Waals surface area contributed by atoms with Crippen LogP contribution in [0.5, 0.6) is 5.75 Å². The smallest absolute Gasteiger partial charge is 0.228 e. The summed E-state index contributed by atoms with van der Waals surface area (Å²) in [7, 11) is 1.25. The summed E-state index contributed by atoms with van der Waals surface area (Å²) in [6.07, 6.45) is -5.90. The molecule has 124 valence electrons. The van der Waals surface area contributed by atoms with Crippen molar-refractivity contribution in [2.24, 2.45) is 0 Å². The van der Waals surface area contributed by atoms with E-state index in [0.717, 1.165) is 11.1 Å². The highest BCUT2D eigenvalue weighted by Gasteiger charge is 2.56. The SMILES string of the molecule is COC1(c2cc(C)c(C)cc2O)O[C@H](CO)[C@@H](O)[C@H](O)[C@H]1O. The molecule has 0 bridgehead atoms. The summed E-state index contributed by atoms with van der Waals surface area (Å²) in [6, 6.07) is 3.07. The number of phenols is 1. The van der Waals surface area contributed by atoms with Gasteiger partial charge in [0.2, 0.25) is 5.79 Å². The van der Waals surface area contributed by atoms with Crippen molar-refractivity contribution in [1.29, 1.82) is 0 Å². The van der Waals surface area contributed by atoms with E-state index in [2.05, 4.69) is 0 Å². The molecule has 0 aromatic heterocycles. The second-order valence-corrected chi connectivity index (χ2v) is 5.59. The molecule has 1 aliphatic heterocycles. The molecule has 5 N–H and O–H groups in total. The fourth-order valence-electron chi connectivity index (χ4n) is 2.72. The summed E-state index contributed by atoms with van der Waals surface area (Å²) in [5, 5.41) is 49.8. The Labute approximate surface area is 128 Å². The average Bonchev–Trinajstić information content (AvgIpc) is 2.50. The molecule has 7 heteroatoms. The van der Waals surface area contributed by atoms with Crippen molar-refractivity contribution in [2.45, 2.75) is 44.1 Å². The van der Waals surface area contributed by atoms with Crippen molar-refractivity contribution in [1.82, 2.24) is 0 Å². The van der Waals surface area contributed by atoms with Gasteiger partial charge in [-0.15, -0.1) is 0 Å². The number of hydrogen-bond donors (Lipinski definition) is 5. The van der Waals surface area contributed by atoms with Gasteiger partial charge in [0.25, 0.3) is 0 Å². The molecule has 22 heavy (non-hydrogen) atoms. The summed E-state index contributed by atoms with van der Waals surface area (Å²) in [5.41, 5.74) is 1.77. The molecular formula is C15H22O7. The van der Waals surface area contributed by atoms with Gasteiger partial charge in [0, 0.05) is 7.11 Å². The predicted molar refractivity (Wildman–Crippen MR) is 76.2 cm³/mol. The molecule has 0 radical (unpaired) electrons. The molecule has 0 aliphatic carbocycles. The third kappa shape index (κ3) is 2.50. The Bertz CT molecular complexity index is 545. The number of ether oxygens (including phenoxy) is 2. The molecule has 7 nitrogen and oxygen atoms in total. The van der Waals surface area contributed by atoms with Crippen molar-refractivity contribution in [3.05, 3.63) is 28.8 Å². The third-order valence-corrected chi connectivity index (χ3v) is 4.24. The van der Waals surface area contributed by atoms with Gasteiger partial charge in [0.15, 0.2) is 0 Å². The molecule has 1 unspecified atom stereocenters. The standard InChI is InChI=1S/C15H22O7/c1-7-4-9(10(17)5-8(7)2)15(21-3)14(20)13(19)12(18)11(6-16)22-15/h4-5,11-14,16-20H,6H2,1-3H3/t11-,12-,13+,14-,15?/m1/s1. The molecule has 1 aliphatic rings. The van der Waals surface area contributed by atoms with E-state index >= 15 is 0 Å². The topological polar surface area (TPSA) is 120 Å². The molecule has 2 rings (SSSR count). The van der Waals surface area contributed by atoms with Gasteiger partial charge in [0.1, 0.15) is 30.2 Å². The number of hydrogen-bond acceptors (Lipinski definition) is 7. The van der Waals surface area contributed by atoms with E-state index in [9.17, 15) is 25.5 Å². The number of methoxy groups -OCH3 is 1. The van der Waals surface area contributed by atoms with E-state index in [-0.39, 0.29) is 11.3 Å². The van der Waals surface area contributed by atoms with E-state index in [1.807, 2.05) is 13.8 Å². The highest BCUT2D eigenvalue weighted by atomic mass is 16.7. The van der Waals surface area contributed by atoms with Crippen molar-refractivity contribution >= 4 is 0 Å². The summed E-state index contributed by atoms with van der Waals surface area (Å²) in [5.74, 6) is -2.07. The van der Waals surface area contributed by atoms with E-state index in [1.165, 1.54) is 13.2 Å². The number of rotatable bonds is 3. The zero-order valence-electron chi connectivity index (χ0n) is 12.7. The maximum atomic E-state index is 10.4. The van der Waals surface area contributed by atoms with E-state index in [1.54, 1.807) is 6.07 Å². The monoisotopic (exact) mass is 314 g/mol. The van der Waals surface area contributed by atoms with Crippen LogP contribution in [0, 0.1) is 13.8 Å². The van der Waals surface area contributed by atoms with Crippen molar-refractivity contribution in [3.8, 4) is 5.75 Å². The van der Waals surface area contributed by atoms with Crippen molar-refractivity contribution in [3.63, 3.8) is 0 Å². The van der Waals surface area contributed by atoms with Gasteiger partial charge in [-0.25, -0.2) is 0 Å². The number of phenolic OH excluding ortho intramolecular Hbond substituents is 1. The van der Waals surface area contributed by atoms with Crippen LogP contribution >= 0.6 is 0 Å². The molecule has 0 amide bonds. The summed E-state index contributed by atoms with van der Waals surface area (Å²) in [4.78, 5) is 0. The first kappa shape index (κ1) is 17.1. The molecule has 5 atom stereocenters. The number of benzene rings is 1. The predicted octanol–water partition coefficient (Wildman–Crippen LogP) is -0.718. The molecule has 0 spiro atoms. The average molecular weight is 314 g/mol. The van der Waals surface area contributed by atoms with Crippen LogP contribution in [0.3, 0.4) is 0 Å². The van der Waals surface area contributed by atoms with Gasteiger partial charge in [-0.05, 0) is 37.1 Å². The van der Waals surface area contributed by atoms with E-state index in [0.29, 0.717) is 0 Å². The quantitative estimate of drug-likeness (QED) is 0.499. The Morgan fingerprint density at radius 2 is 1.73 bits per heavy atom. The van der Waals surface area contributed by atoms with Crippen molar-refractivity contribution < 1.29 is 35.0 Å². The Balaban J connectivity index is 2.58. The minimum absolute atomic E-state index is 0.120. The number of aromatic hydroxyl groups is 1. The molecule has 0 saturated carbocycles. The first-order valence-electron chi connectivity index (χ1n) is 6.97. The fraction of sp³-hybridized carbons (Fsp3) is 0.600. The third-order valence-electron chi connectivity index (χ3n) is 4.24. The van der Waals surface area contributed by atoms with Crippen LogP contribution < -0.4 is 0 Å². The van der Waals surface area contributed by atoms with Crippen molar-refractivity contribution in [2.75, 3.05) is 13.7 Å². The van der Waals surface area contributed by atoms with Crippen LogP contribution in [0.25, 0.3) is 0 Å². The number of aryl methyl sites for hydroxylation is 2. The molecule has 1 saturated heterocycles. The molecule has 1 fully saturated rings. The fourth-order valence-corrected chi connectivity index (χ4v) is 2.72. The lowest BCUT2D eigenvalue weighted by molar-refractivity contribution is -0.366. The lowest BCUT2D eigenvalue weighted by atomic mass is 9.86. The van der Waals surface area contributed by atoms with Crippen LogP contribution in [0.15, 0.2) is 12.1 Å². The lowest BCUT2D eigenvalue weighted by Gasteiger charge is -2.47. The Kier molecular flexibility index (Phi) is 4.76. The second-order valence-electron chi connectivity index (χ2n) is 5.59. The highest BCUT2D eigenvalue weighted by Crippen LogP contribution is 2.43. The first-order chi connectivity index (χ1) is 10.3. The Morgan fingerprint density at radius 3 is 2.27 bits per heavy atom. The normalized spacial score (nSPS) is 35.6. The Morgan fingerprint density at radius 1 is 1.14 bits per heavy atom. The summed E-state index contributed by atoms with van der Waals surface area (Å²) in [6.45, 7) is 3.04. The van der Waals surface area contributed by atoms with Crippen LogP contribution in [-0.2, 0) is 15.3 Å². The summed E-state index contributed by atoms with van der Waals surface area (Å²) < 4.78 is 10.8. The minimum Gasteiger partial charge on any atom is -0.507 e. The minimum atomic E-state index is -1.89. The highest BCUT2D eigenvalue weighted by molar-refractivity contribution is 5.44. The second kappa shape index (κ2) is 6.11. The lowest BCUT2D eigenvalue weighted by Crippen LogP contribution is -2.64. The zero-order chi connectivity index (χ0) is 16.7. The van der Waals surface area contributed by atoms with E-state index < -0.39 is 36.8 Å². The van der Waals surface area contributed by atoms with Crippen LogP contribution in [0.4, 0.5) is 0 Å². The molecule has 1 heterocycles. The van der Waals surface area contributed by atoms with Crippen LogP contribution in [0.2, 0.25) is 0 Å². The molecular weight excluding hydrogens is 292 g/mol. The van der Waals surface area contributed by atoms with Gasteiger partial charge in [0.05, 0.1) is 12.2 Å². The largest absolute Gasteiger partial charge is 0.507 e. The zero-order valence-corrected chi connectivity index (χ0v) is 12.7.